The molecule has 2 aromatic heterocycles. The summed E-state index contributed by atoms with van der Waals surface area (Å²) in [5.74, 6) is -1.61. The lowest BCUT2D eigenvalue weighted by Gasteiger charge is -2.50. The molecule has 192 valence electrons. The number of carboxylic acid groups (broad SMARTS) is 1. The number of hydrogen-bond donors (Lipinski definition) is 1. The largest absolute Gasteiger partial charge is 0.490 e. The first-order valence-corrected chi connectivity index (χ1v) is 11.4. The molecule has 1 unspecified atom stereocenters. The van der Waals surface area contributed by atoms with Gasteiger partial charge in [0.05, 0.1) is 19.7 Å². The van der Waals surface area contributed by atoms with Gasteiger partial charge >= 0.3 is 12.1 Å². The number of carboxylic acids is 1. The minimum Gasteiger partial charge on any atom is -0.478 e. The molecule has 1 amide bonds. The highest BCUT2D eigenvalue weighted by Gasteiger charge is 2.54. The topological polar surface area (TPSA) is 93.9 Å². The lowest BCUT2D eigenvalue weighted by Crippen LogP contribution is -2.66. The molecule has 2 aliphatic heterocycles. The van der Waals surface area contributed by atoms with Crippen LogP contribution in [0, 0.1) is 5.92 Å². The fraction of sp³-hybridized carbons (Fsp3) is 0.400. The highest BCUT2D eigenvalue weighted by Crippen LogP contribution is 2.42. The van der Waals surface area contributed by atoms with Crippen LogP contribution < -0.4 is 4.74 Å². The summed E-state index contributed by atoms with van der Waals surface area (Å²) in [6.45, 7) is 2.69. The van der Waals surface area contributed by atoms with Gasteiger partial charge in [0.25, 0.3) is 5.91 Å². The van der Waals surface area contributed by atoms with Crippen LogP contribution in [0.25, 0.3) is 10.9 Å². The maximum atomic E-state index is 13.0. The predicted octanol–water partition coefficient (Wildman–Crippen LogP) is 3.91. The van der Waals surface area contributed by atoms with Crippen molar-refractivity contribution in [3.8, 4) is 5.88 Å². The van der Waals surface area contributed by atoms with Gasteiger partial charge in [-0.3, -0.25) is 4.79 Å². The molecule has 11 heteroatoms. The maximum Gasteiger partial charge on any atom is 0.490 e. The van der Waals surface area contributed by atoms with Gasteiger partial charge in [-0.15, -0.1) is 0 Å². The smallest absolute Gasteiger partial charge is 0.478 e. The van der Waals surface area contributed by atoms with Crippen molar-refractivity contribution in [2.45, 2.75) is 24.6 Å². The van der Waals surface area contributed by atoms with E-state index in [0.29, 0.717) is 31.5 Å². The molecule has 1 spiro atoms. The number of aromatic nitrogens is 2. The van der Waals surface area contributed by atoms with Crippen molar-refractivity contribution < 1.29 is 37.3 Å². The van der Waals surface area contributed by atoms with Crippen molar-refractivity contribution in [2.24, 2.45) is 13.0 Å². The van der Waals surface area contributed by atoms with Crippen LogP contribution in [-0.2, 0) is 16.6 Å². The molecular formula is C25H26F3N3O5. The zero-order valence-corrected chi connectivity index (χ0v) is 19.6. The van der Waals surface area contributed by atoms with Gasteiger partial charge in [-0.05, 0) is 49.1 Å². The number of pyridine rings is 1. The van der Waals surface area contributed by atoms with Crippen LogP contribution in [0.5, 0.6) is 5.88 Å². The molecule has 1 N–H and O–H groups in total. The number of ether oxygens (including phenoxy) is 2. The van der Waals surface area contributed by atoms with E-state index in [-0.39, 0.29) is 11.5 Å². The molecule has 0 saturated carbocycles. The Morgan fingerprint density at radius 1 is 1.22 bits per heavy atom. The number of halogens is 3. The van der Waals surface area contributed by atoms with E-state index < -0.39 is 12.1 Å². The highest BCUT2D eigenvalue weighted by atomic mass is 19.4. The number of rotatable bonds is 5. The van der Waals surface area contributed by atoms with Gasteiger partial charge in [0.15, 0.2) is 0 Å². The van der Waals surface area contributed by atoms with Crippen LogP contribution in [0.3, 0.4) is 0 Å². The summed E-state index contributed by atoms with van der Waals surface area (Å²) < 4.78 is 45.7. The number of nitrogens with zero attached hydrogens (tertiary/aromatic N) is 3. The van der Waals surface area contributed by atoms with E-state index in [1.165, 1.54) is 0 Å². The number of carbonyl (C=O) groups is 2. The third-order valence-corrected chi connectivity index (χ3v) is 6.53. The van der Waals surface area contributed by atoms with Gasteiger partial charge in [0.2, 0.25) is 5.88 Å². The molecule has 4 heterocycles. The Bertz CT molecular complexity index is 1220. The molecule has 5 rings (SSSR count). The van der Waals surface area contributed by atoms with Crippen LogP contribution in [-0.4, -0.2) is 69.5 Å². The van der Waals surface area contributed by atoms with Gasteiger partial charge < -0.3 is 24.0 Å². The maximum absolute atomic E-state index is 13.0. The number of amides is 1. The van der Waals surface area contributed by atoms with Crippen LogP contribution in [0.4, 0.5) is 13.2 Å². The lowest BCUT2D eigenvalue weighted by atomic mass is 9.79. The average molecular weight is 505 g/mol. The van der Waals surface area contributed by atoms with Crippen molar-refractivity contribution in [2.75, 3.05) is 26.3 Å². The van der Waals surface area contributed by atoms with Crippen molar-refractivity contribution in [3.05, 3.63) is 60.4 Å². The SMILES string of the molecule is Cn1ccc2cc(C(=O)N3CC4(C3)OCCC4CCOc3ccccn3)ccc21.O=C(O)C(F)(F)F. The highest BCUT2D eigenvalue weighted by molar-refractivity contribution is 5.98. The Labute approximate surface area is 205 Å². The third kappa shape index (κ3) is 5.46. The van der Waals surface area contributed by atoms with Crippen molar-refractivity contribution >= 4 is 22.8 Å². The van der Waals surface area contributed by atoms with E-state index in [1.807, 2.05) is 60.6 Å². The predicted molar refractivity (Wildman–Crippen MR) is 124 cm³/mol. The quantitative estimate of drug-likeness (QED) is 0.565. The summed E-state index contributed by atoms with van der Waals surface area (Å²) in [4.78, 5) is 28.0. The standard InChI is InChI=1S/C23H25N3O3.C2HF3O2/c1-25-11-7-17-14-18(5-6-20(17)25)22(27)26-15-23(16-26)19(9-13-29-23)8-12-28-21-4-2-3-10-24-21;3-2(4,5)1(6)7/h2-7,10-11,14,19H,8-9,12-13,15-16H2,1H3;(H,6,7). The molecule has 2 fully saturated rings. The number of benzene rings is 1. The Balaban J connectivity index is 0.000000384. The third-order valence-electron chi connectivity index (χ3n) is 6.53. The molecule has 2 aliphatic rings. The van der Waals surface area contributed by atoms with Crippen molar-refractivity contribution in [1.29, 1.82) is 0 Å². The fourth-order valence-electron chi connectivity index (χ4n) is 4.62. The number of carbonyl (C=O) groups excluding carboxylic acids is 1. The van der Waals surface area contributed by atoms with E-state index in [0.717, 1.165) is 35.9 Å². The first-order valence-electron chi connectivity index (χ1n) is 11.4. The molecule has 8 nitrogen and oxygen atoms in total. The number of fused-ring (bicyclic) bond motifs is 1. The van der Waals surface area contributed by atoms with Gasteiger partial charge in [-0.1, -0.05) is 6.07 Å². The normalized spacial score (nSPS) is 18.4. The molecule has 0 aliphatic carbocycles. The minimum atomic E-state index is -5.08. The van der Waals surface area contributed by atoms with E-state index in [4.69, 9.17) is 19.4 Å². The number of aliphatic carboxylic acids is 1. The summed E-state index contributed by atoms with van der Waals surface area (Å²) in [6.07, 6.45) is 0.595. The molecular weight excluding hydrogens is 479 g/mol. The molecule has 1 aromatic carbocycles. The van der Waals surface area contributed by atoms with Gasteiger partial charge in [-0.25, -0.2) is 9.78 Å². The number of alkyl halides is 3. The van der Waals surface area contributed by atoms with Crippen molar-refractivity contribution in [3.63, 3.8) is 0 Å². The molecule has 0 radical (unpaired) electrons. The first kappa shape index (κ1) is 25.5. The van der Waals surface area contributed by atoms with Crippen molar-refractivity contribution in [1.82, 2.24) is 14.5 Å². The Morgan fingerprint density at radius 2 is 1.97 bits per heavy atom. The molecule has 1 atom stereocenters. The van der Waals surface area contributed by atoms with Crippen LogP contribution in [0.2, 0.25) is 0 Å². The van der Waals surface area contributed by atoms with E-state index in [1.54, 1.807) is 6.20 Å². The van der Waals surface area contributed by atoms with Gasteiger partial charge in [0, 0.05) is 48.6 Å². The summed E-state index contributed by atoms with van der Waals surface area (Å²) in [5, 5.41) is 8.22. The van der Waals surface area contributed by atoms with Crippen LogP contribution in [0.15, 0.2) is 54.9 Å². The van der Waals surface area contributed by atoms with Gasteiger partial charge in [0.1, 0.15) is 5.60 Å². The average Bonchev–Trinajstić information content (AvgIpc) is 3.41. The second kappa shape index (κ2) is 10.2. The first-order chi connectivity index (χ1) is 17.1. The van der Waals surface area contributed by atoms with E-state index in [9.17, 15) is 18.0 Å². The second-order valence-electron chi connectivity index (χ2n) is 8.87. The lowest BCUT2D eigenvalue weighted by molar-refractivity contribution is -0.192. The summed E-state index contributed by atoms with van der Waals surface area (Å²) in [6, 6.07) is 13.6. The zero-order chi connectivity index (χ0) is 25.9. The fourth-order valence-corrected chi connectivity index (χ4v) is 4.62. The molecule has 36 heavy (non-hydrogen) atoms. The Hall–Kier alpha value is -3.60. The number of aryl methyl sites for hydroxylation is 1. The van der Waals surface area contributed by atoms with E-state index >= 15 is 0 Å². The summed E-state index contributed by atoms with van der Waals surface area (Å²) in [5.41, 5.74) is 1.67. The summed E-state index contributed by atoms with van der Waals surface area (Å²) >= 11 is 0. The monoisotopic (exact) mass is 505 g/mol. The van der Waals surface area contributed by atoms with Crippen LogP contribution in [0.1, 0.15) is 23.2 Å². The Kier molecular flexibility index (Phi) is 7.21. The Morgan fingerprint density at radius 3 is 2.64 bits per heavy atom. The van der Waals surface area contributed by atoms with Crippen LogP contribution >= 0.6 is 0 Å². The van der Waals surface area contributed by atoms with E-state index in [2.05, 4.69) is 9.55 Å². The molecule has 3 aromatic rings. The zero-order valence-electron chi connectivity index (χ0n) is 19.6. The van der Waals surface area contributed by atoms with Gasteiger partial charge in [-0.2, -0.15) is 13.2 Å². The second-order valence-corrected chi connectivity index (χ2v) is 8.87. The number of hydrogen-bond acceptors (Lipinski definition) is 5. The number of likely N-dealkylation sites (tertiary alicyclic amines) is 1. The minimum absolute atomic E-state index is 0.0837. The summed E-state index contributed by atoms with van der Waals surface area (Å²) in [7, 11) is 2.01. The molecule has 2 saturated heterocycles. The molecule has 0 bridgehead atoms.